The fourth-order valence-electron chi connectivity index (χ4n) is 2.00. The van der Waals surface area contributed by atoms with Crippen molar-refractivity contribution in [1.29, 1.82) is 0 Å². The maximum absolute atomic E-state index is 10.1. The number of nitrogens with zero attached hydrogens (tertiary/aromatic N) is 1. The number of hydrogen-bond donors (Lipinski definition) is 2. The van der Waals surface area contributed by atoms with Crippen LogP contribution in [0.25, 0.3) is 0 Å². The highest BCUT2D eigenvalue weighted by molar-refractivity contribution is 5.45. The number of pyridine rings is 1. The minimum absolute atomic E-state index is 0.166. The Morgan fingerprint density at radius 1 is 1.30 bits per heavy atom. The number of para-hydroxylation sites is 1. The summed E-state index contributed by atoms with van der Waals surface area (Å²) >= 11 is 0. The summed E-state index contributed by atoms with van der Waals surface area (Å²) in [6, 6.07) is 9.66. The lowest BCUT2D eigenvalue weighted by atomic mass is 10.1. The van der Waals surface area contributed by atoms with Crippen molar-refractivity contribution in [2.24, 2.45) is 0 Å². The Labute approximate surface area is 119 Å². The van der Waals surface area contributed by atoms with Gasteiger partial charge in [0, 0.05) is 30.5 Å². The number of ether oxygens (including phenoxy) is 1. The number of rotatable bonds is 6. The largest absolute Gasteiger partial charge is 0.504 e. The third kappa shape index (κ3) is 3.48. The molecule has 20 heavy (non-hydrogen) atoms. The number of nitrogens with one attached hydrogen (secondary N) is 1. The van der Waals surface area contributed by atoms with Gasteiger partial charge in [0.1, 0.15) is 0 Å². The van der Waals surface area contributed by atoms with Crippen molar-refractivity contribution in [2.75, 3.05) is 6.61 Å². The quantitative estimate of drug-likeness (QED) is 0.848. The molecule has 2 N–H and O–H groups in total. The molecule has 2 aromatic rings. The van der Waals surface area contributed by atoms with Crippen LogP contribution in [0.3, 0.4) is 0 Å². The van der Waals surface area contributed by atoms with Crippen LogP contribution >= 0.6 is 0 Å². The van der Waals surface area contributed by atoms with Crippen molar-refractivity contribution >= 4 is 0 Å². The van der Waals surface area contributed by atoms with Gasteiger partial charge < -0.3 is 15.2 Å². The van der Waals surface area contributed by atoms with Gasteiger partial charge in [0.05, 0.1) is 6.61 Å². The van der Waals surface area contributed by atoms with E-state index in [1.807, 2.05) is 37.4 Å². The molecule has 0 saturated carbocycles. The summed E-state index contributed by atoms with van der Waals surface area (Å²) in [4.78, 5) is 4.11. The summed E-state index contributed by atoms with van der Waals surface area (Å²) < 4.78 is 5.38. The zero-order valence-corrected chi connectivity index (χ0v) is 11.8. The maximum atomic E-state index is 10.1. The summed E-state index contributed by atoms with van der Waals surface area (Å²) in [7, 11) is 0. The van der Waals surface area contributed by atoms with Crippen molar-refractivity contribution in [2.45, 2.75) is 26.4 Å². The second-order valence-corrected chi connectivity index (χ2v) is 4.59. The fourth-order valence-corrected chi connectivity index (χ4v) is 2.00. The first-order chi connectivity index (χ1) is 9.72. The van der Waals surface area contributed by atoms with Gasteiger partial charge in [-0.25, -0.2) is 0 Å². The molecular weight excluding hydrogens is 252 g/mol. The average molecular weight is 272 g/mol. The number of benzene rings is 1. The van der Waals surface area contributed by atoms with E-state index in [9.17, 15) is 5.11 Å². The van der Waals surface area contributed by atoms with Gasteiger partial charge in [-0.1, -0.05) is 18.2 Å². The van der Waals surface area contributed by atoms with Crippen molar-refractivity contribution < 1.29 is 9.84 Å². The molecule has 0 saturated heterocycles. The van der Waals surface area contributed by atoms with E-state index >= 15 is 0 Å². The molecule has 1 aromatic carbocycles. The van der Waals surface area contributed by atoms with Crippen molar-refractivity contribution in [1.82, 2.24) is 10.3 Å². The molecule has 0 aliphatic carbocycles. The summed E-state index contributed by atoms with van der Waals surface area (Å²) in [5, 5.41) is 13.5. The minimum Gasteiger partial charge on any atom is -0.504 e. The Kier molecular flexibility index (Phi) is 4.96. The van der Waals surface area contributed by atoms with Crippen LogP contribution in [0.15, 0.2) is 42.7 Å². The van der Waals surface area contributed by atoms with Gasteiger partial charge >= 0.3 is 0 Å². The van der Waals surface area contributed by atoms with E-state index in [0.29, 0.717) is 18.9 Å². The van der Waals surface area contributed by atoms with Crippen molar-refractivity contribution in [3.8, 4) is 11.5 Å². The van der Waals surface area contributed by atoms with Crippen LogP contribution in [0, 0.1) is 0 Å². The SMILES string of the molecule is CCOc1cccc(CNC(C)c2cccnc2)c1O. The Hall–Kier alpha value is -2.07. The maximum Gasteiger partial charge on any atom is 0.162 e. The molecular formula is C16H20N2O2. The Balaban J connectivity index is 2.02. The summed E-state index contributed by atoms with van der Waals surface area (Å²) in [5.74, 6) is 0.737. The number of aromatic hydroxyl groups is 1. The predicted molar refractivity (Wildman–Crippen MR) is 78.8 cm³/mol. The third-order valence-electron chi connectivity index (χ3n) is 3.17. The zero-order chi connectivity index (χ0) is 14.4. The first-order valence-corrected chi connectivity index (χ1v) is 6.79. The molecule has 0 aliphatic heterocycles. The number of phenolic OH excluding ortho intramolecular Hbond substituents is 1. The monoisotopic (exact) mass is 272 g/mol. The molecule has 1 heterocycles. The van der Waals surface area contributed by atoms with Gasteiger partial charge in [-0.05, 0) is 31.5 Å². The van der Waals surface area contributed by atoms with Gasteiger partial charge in [0.2, 0.25) is 0 Å². The molecule has 4 nitrogen and oxygen atoms in total. The molecule has 0 radical (unpaired) electrons. The lowest BCUT2D eigenvalue weighted by molar-refractivity contribution is 0.316. The number of phenols is 1. The van der Waals surface area contributed by atoms with Crippen LogP contribution in [0.4, 0.5) is 0 Å². The molecule has 0 spiro atoms. The van der Waals surface area contributed by atoms with E-state index in [2.05, 4.69) is 17.2 Å². The highest BCUT2D eigenvalue weighted by atomic mass is 16.5. The molecule has 106 valence electrons. The second kappa shape index (κ2) is 6.91. The highest BCUT2D eigenvalue weighted by Crippen LogP contribution is 2.30. The fraction of sp³-hybridized carbons (Fsp3) is 0.312. The van der Waals surface area contributed by atoms with E-state index in [1.54, 1.807) is 12.3 Å². The first-order valence-electron chi connectivity index (χ1n) is 6.79. The standard InChI is InChI=1S/C16H20N2O2/c1-3-20-15-8-4-6-14(16(15)19)11-18-12(2)13-7-5-9-17-10-13/h4-10,12,18-19H,3,11H2,1-2H3. The van der Waals surface area contributed by atoms with Crippen LogP contribution in [0.2, 0.25) is 0 Å². The van der Waals surface area contributed by atoms with E-state index in [-0.39, 0.29) is 11.8 Å². The van der Waals surface area contributed by atoms with Gasteiger partial charge in [-0.15, -0.1) is 0 Å². The Morgan fingerprint density at radius 2 is 2.15 bits per heavy atom. The Bertz CT molecular complexity index is 543. The van der Waals surface area contributed by atoms with Crippen LogP contribution < -0.4 is 10.1 Å². The van der Waals surface area contributed by atoms with Gasteiger partial charge in [-0.3, -0.25) is 4.98 Å². The highest BCUT2D eigenvalue weighted by Gasteiger charge is 2.10. The normalized spacial score (nSPS) is 12.1. The predicted octanol–water partition coefficient (Wildman–Crippen LogP) is 3.04. The van der Waals surface area contributed by atoms with Gasteiger partial charge in [0.25, 0.3) is 0 Å². The smallest absolute Gasteiger partial charge is 0.162 e. The molecule has 1 atom stereocenters. The first kappa shape index (κ1) is 14.3. The second-order valence-electron chi connectivity index (χ2n) is 4.59. The molecule has 0 bridgehead atoms. The summed E-state index contributed by atoms with van der Waals surface area (Å²) in [6.07, 6.45) is 3.60. The topological polar surface area (TPSA) is 54.4 Å². The number of aromatic nitrogens is 1. The lowest BCUT2D eigenvalue weighted by Crippen LogP contribution is -2.18. The van der Waals surface area contributed by atoms with Crippen LogP contribution in [-0.2, 0) is 6.54 Å². The molecule has 1 unspecified atom stereocenters. The Morgan fingerprint density at radius 3 is 2.85 bits per heavy atom. The summed E-state index contributed by atoms with van der Waals surface area (Å²) in [6.45, 7) is 5.08. The van der Waals surface area contributed by atoms with Crippen molar-refractivity contribution in [3.05, 3.63) is 53.9 Å². The zero-order valence-electron chi connectivity index (χ0n) is 11.8. The average Bonchev–Trinajstić information content (AvgIpc) is 2.49. The van der Waals surface area contributed by atoms with E-state index in [4.69, 9.17) is 4.74 Å². The van der Waals surface area contributed by atoms with Crippen LogP contribution in [0.1, 0.15) is 31.0 Å². The van der Waals surface area contributed by atoms with E-state index in [0.717, 1.165) is 11.1 Å². The van der Waals surface area contributed by atoms with E-state index in [1.165, 1.54) is 0 Å². The number of hydrogen-bond acceptors (Lipinski definition) is 4. The third-order valence-corrected chi connectivity index (χ3v) is 3.17. The van der Waals surface area contributed by atoms with Crippen LogP contribution in [-0.4, -0.2) is 16.7 Å². The molecule has 0 fully saturated rings. The van der Waals surface area contributed by atoms with Crippen LogP contribution in [0.5, 0.6) is 11.5 Å². The minimum atomic E-state index is 0.166. The van der Waals surface area contributed by atoms with E-state index < -0.39 is 0 Å². The molecule has 0 aliphatic rings. The molecule has 2 rings (SSSR count). The van der Waals surface area contributed by atoms with Gasteiger partial charge in [0.15, 0.2) is 11.5 Å². The van der Waals surface area contributed by atoms with Gasteiger partial charge in [-0.2, -0.15) is 0 Å². The molecule has 0 amide bonds. The van der Waals surface area contributed by atoms with Crippen molar-refractivity contribution in [3.63, 3.8) is 0 Å². The molecule has 4 heteroatoms. The lowest BCUT2D eigenvalue weighted by Gasteiger charge is -2.15. The molecule has 1 aromatic heterocycles. The summed E-state index contributed by atoms with van der Waals surface area (Å²) in [5.41, 5.74) is 1.94.